The van der Waals surface area contributed by atoms with E-state index in [0.29, 0.717) is 0 Å². The Bertz CT molecular complexity index is 2900. The molecule has 0 unspecified atom stereocenters. The summed E-state index contributed by atoms with van der Waals surface area (Å²) < 4.78 is 26.0. The highest BCUT2D eigenvalue weighted by Crippen LogP contribution is 2.56. The number of aryl methyl sites for hydroxylation is 1. The number of hydrogen-bond acceptors (Lipinski definition) is 7. The predicted octanol–water partition coefficient (Wildman–Crippen LogP) is 19.2. The third-order valence-electron chi connectivity index (χ3n) is 15.0. The molecule has 0 radical (unpaired) electrons. The fraction of sp³-hybridized carbons (Fsp3) is 0.419. The number of fused-ring (bicyclic) bond motifs is 5. The van der Waals surface area contributed by atoms with Crippen molar-refractivity contribution in [1.29, 1.82) is 0 Å². The van der Waals surface area contributed by atoms with Gasteiger partial charge in [-0.15, -0.1) is 0 Å². The Kier molecular flexibility index (Phi) is 16.7. The van der Waals surface area contributed by atoms with Crippen LogP contribution in [0.3, 0.4) is 0 Å². The molecule has 8 aromatic rings. The minimum absolute atomic E-state index is 0.105. The smallest absolute Gasteiger partial charge is 0.119 e. The van der Waals surface area contributed by atoms with Crippen molar-refractivity contribution in [2.45, 2.75) is 162 Å². The van der Waals surface area contributed by atoms with E-state index in [-0.39, 0.29) is 5.41 Å². The minimum atomic E-state index is -0.105. The molecule has 0 spiro atoms. The van der Waals surface area contributed by atoms with Crippen molar-refractivity contribution in [3.05, 3.63) is 126 Å². The van der Waals surface area contributed by atoms with Crippen LogP contribution in [0.15, 0.2) is 109 Å². The van der Waals surface area contributed by atoms with Crippen LogP contribution < -0.4 is 4.74 Å². The normalized spacial score (nSPS) is 12.8. The summed E-state index contributed by atoms with van der Waals surface area (Å²) in [5.41, 5.74) is 20.2. The zero-order valence-electron chi connectivity index (χ0n) is 41.8. The van der Waals surface area contributed by atoms with Crippen LogP contribution in [0.5, 0.6) is 5.75 Å². The van der Waals surface area contributed by atoms with Gasteiger partial charge in [0.25, 0.3) is 0 Å². The Morgan fingerprint density at radius 2 is 0.725 bits per heavy atom. The van der Waals surface area contributed by atoms with Gasteiger partial charge < -0.3 is 4.74 Å². The summed E-state index contributed by atoms with van der Waals surface area (Å²) in [6.45, 7) is 9.81. The summed E-state index contributed by atoms with van der Waals surface area (Å²) in [4.78, 5) is 0. The zero-order chi connectivity index (χ0) is 47.4. The number of hydrogen-bond donors (Lipinski definition) is 0. The highest BCUT2D eigenvalue weighted by molar-refractivity contribution is 7.00. The molecular formula is C62H72N4OS2. The summed E-state index contributed by atoms with van der Waals surface area (Å²) in [6, 6.07) is 41.1. The summed E-state index contributed by atoms with van der Waals surface area (Å²) >= 11 is 2.63. The molecule has 0 fully saturated rings. The van der Waals surface area contributed by atoms with Gasteiger partial charge in [-0.25, -0.2) is 0 Å². The summed E-state index contributed by atoms with van der Waals surface area (Å²) in [5, 5.41) is 0. The Hall–Kier alpha value is -5.24. The molecule has 0 amide bonds. The van der Waals surface area contributed by atoms with E-state index in [1.165, 1.54) is 177 Å². The fourth-order valence-electron chi connectivity index (χ4n) is 11.1. The van der Waals surface area contributed by atoms with Crippen LogP contribution in [0.2, 0.25) is 0 Å². The molecule has 9 rings (SSSR count). The van der Waals surface area contributed by atoms with Crippen molar-refractivity contribution in [1.82, 2.24) is 17.5 Å². The van der Waals surface area contributed by atoms with Crippen molar-refractivity contribution >= 4 is 45.5 Å². The first-order valence-corrected chi connectivity index (χ1v) is 28.1. The summed E-state index contributed by atoms with van der Waals surface area (Å²) in [5.74, 6) is 0.928. The maximum absolute atomic E-state index is 6.16. The first kappa shape index (κ1) is 48.8. The molecule has 69 heavy (non-hydrogen) atoms. The molecule has 7 heteroatoms. The maximum Gasteiger partial charge on any atom is 0.119 e. The summed E-state index contributed by atoms with van der Waals surface area (Å²) in [7, 11) is 0. The molecule has 0 N–H and O–H groups in total. The highest BCUT2D eigenvalue weighted by atomic mass is 32.1. The largest absolute Gasteiger partial charge is 0.494 e. The lowest BCUT2D eigenvalue weighted by Crippen LogP contribution is -2.25. The van der Waals surface area contributed by atoms with Gasteiger partial charge in [0, 0.05) is 27.7 Å². The molecular weight excluding hydrogens is 881 g/mol. The second-order valence-corrected chi connectivity index (χ2v) is 20.9. The highest BCUT2D eigenvalue weighted by Gasteiger charge is 2.43. The standard InChI is InChI=1S/C62H72N4OS2/c1-5-8-11-14-17-20-39-62(40-21-18-15-12-9-6-2)56-42-47(52-37-35-50(58-60(52)65-68-63-58)45-25-23-44(4)24-26-45)29-33-54(56)55-34-30-48(43-57(55)62)53-38-36-51(59-61(53)66-69-64-59)46-27-31-49(32-28-46)67-41-22-19-16-13-10-7-3/h23-38,42-43H,5-22,39-41H2,1-4H3. The van der Waals surface area contributed by atoms with Crippen LogP contribution in [0, 0.1) is 6.92 Å². The Labute approximate surface area is 420 Å². The average molecular weight is 953 g/mol. The van der Waals surface area contributed by atoms with Gasteiger partial charge in [-0.2, -0.15) is 17.5 Å². The van der Waals surface area contributed by atoms with Gasteiger partial charge in [0.2, 0.25) is 0 Å². The molecule has 358 valence electrons. The third-order valence-corrected chi connectivity index (χ3v) is 16.1. The van der Waals surface area contributed by atoms with E-state index < -0.39 is 0 Å². The zero-order valence-corrected chi connectivity index (χ0v) is 43.4. The fourth-order valence-corrected chi connectivity index (χ4v) is 12.3. The van der Waals surface area contributed by atoms with E-state index in [1.54, 1.807) is 0 Å². The third kappa shape index (κ3) is 10.9. The topological polar surface area (TPSA) is 60.8 Å². The predicted molar refractivity (Wildman–Crippen MR) is 296 cm³/mol. The molecule has 2 aromatic heterocycles. The van der Waals surface area contributed by atoms with Crippen LogP contribution >= 0.6 is 23.5 Å². The van der Waals surface area contributed by atoms with Gasteiger partial charge in [-0.05, 0) is 95.0 Å². The van der Waals surface area contributed by atoms with Crippen molar-refractivity contribution < 1.29 is 4.74 Å². The lowest BCUT2D eigenvalue weighted by molar-refractivity contribution is 0.304. The number of rotatable bonds is 26. The van der Waals surface area contributed by atoms with Gasteiger partial charge >= 0.3 is 0 Å². The minimum Gasteiger partial charge on any atom is -0.494 e. The summed E-state index contributed by atoms with van der Waals surface area (Å²) in [6.07, 6.45) is 25.3. The van der Waals surface area contributed by atoms with E-state index in [4.69, 9.17) is 22.2 Å². The van der Waals surface area contributed by atoms with Crippen LogP contribution in [0.1, 0.15) is 166 Å². The second kappa shape index (κ2) is 23.6. The van der Waals surface area contributed by atoms with E-state index in [9.17, 15) is 0 Å². The first-order valence-electron chi connectivity index (χ1n) is 26.6. The number of ether oxygens (including phenoxy) is 1. The number of nitrogens with zero attached hydrogens (tertiary/aromatic N) is 4. The quantitative estimate of drug-likeness (QED) is 0.0506. The lowest BCUT2D eigenvalue weighted by atomic mass is 9.70. The molecule has 0 aliphatic heterocycles. The van der Waals surface area contributed by atoms with Crippen LogP contribution in [0.25, 0.3) is 77.7 Å². The average Bonchev–Trinajstić information content (AvgIpc) is 4.14. The number of aromatic nitrogens is 4. The van der Waals surface area contributed by atoms with Gasteiger partial charge in [0.1, 0.15) is 27.8 Å². The Morgan fingerprint density at radius 1 is 0.377 bits per heavy atom. The van der Waals surface area contributed by atoms with Gasteiger partial charge in [0.05, 0.1) is 30.1 Å². The van der Waals surface area contributed by atoms with E-state index in [0.717, 1.165) is 81.5 Å². The molecule has 2 heterocycles. The van der Waals surface area contributed by atoms with Crippen LogP contribution in [-0.2, 0) is 5.41 Å². The second-order valence-electron chi connectivity index (χ2n) is 19.9. The molecule has 0 atom stereocenters. The molecule has 0 saturated heterocycles. The Balaban J connectivity index is 1.07. The van der Waals surface area contributed by atoms with Gasteiger partial charge in [-0.3, -0.25) is 0 Å². The van der Waals surface area contributed by atoms with Gasteiger partial charge in [-0.1, -0.05) is 220 Å². The van der Waals surface area contributed by atoms with Crippen molar-refractivity contribution in [3.8, 4) is 61.4 Å². The molecule has 6 aromatic carbocycles. The van der Waals surface area contributed by atoms with E-state index >= 15 is 0 Å². The molecule has 1 aliphatic rings. The SMILES string of the molecule is CCCCCCCCOc1ccc(-c2ccc(-c3ccc4c(c3)C(CCCCCCCC)(CCCCCCCC)c3cc(-c5ccc(-c6ccc(C)cc6)c6nsnc56)ccc3-4)c3nsnc23)cc1. The number of benzene rings is 6. The monoisotopic (exact) mass is 953 g/mol. The maximum atomic E-state index is 6.16. The number of unbranched alkanes of at least 4 members (excludes halogenated alkanes) is 15. The molecule has 0 saturated carbocycles. The first-order chi connectivity index (χ1) is 34.0. The van der Waals surface area contributed by atoms with Crippen molar-refractivity contribution in [3.63, 3.8) is 0 Å². The Morgan fingerprint density at radius 3 is 1.16 bits per heavy atom. The van der Waals surface area contributed by atoms with Gasteiger partial charge in [0.15, 0.2) is 0 Å². The molecule has 5 nitrogen and oxygen atoms in total. The van der Waals surface area contributed by atoms with Crippen LogP contribution in [0.4, 0.5) is 0 Å². The van der Waals surface area contributed by atoms with E-state index in [2.05, 4.69) is 137 Å². The van der Waals surface area contributed by atoms with E-state index in [1.807, 2.05) is 0 Å². The van der Waals surface area contributed by atoms with Crippen molar-refractivity contribution in [2.24, 2.45) is 0 Å². The molecule has 0 bridgehead atoms. The molecule has 1 aliphatic carbocycles. The van der Waals surface area contributed by atoms with Crippen LogP contribution in [-0.4, -0.2) is 24.1 Å². The lowest BCUT2D eigenvalue weighted by Gasteiger charge is -2.33. The van der Waals surface area contributed by atoms with Crippen molar-refractivity contribution in [2.75, 3.05) is 6.61 Å².